The maximum Gasteiger partial charge on any atom is 0.159 e. The summed E-state index contributed by atoms with van der Waals surface area (Å²) in [5.41, 5.74) is 1.50. The fourth-order valence-electron chi connectivity index (χ4n) is 7.71. The third-order valence-electron chi connectivity index (χ3n) is 9.26. The predicted octanol–water partition coefficient (Wildman–Crippen LogP) is 4.89. The molecule has 0 aliphatic heterocycles. The molecule has 3 fully saturated rings. The molecule has 0 spiro atoms. The van der Waals surface area contributed by atoms with Crippen LogP contribution in [0.2, 0.25) is 0 Å². The molecule has 3 heteroatoms. The molecule has 4 aliphatic carbocycles. The largest absolute Gasteiger partial charge is 0.393 e. The summed E-state index contributed by atoms with van der Waals surface area (Å²) in [5.74, 6) is 2.41. The van der Waals surface area contributed by atoms with Crippen LogP contribution in [0.1, 0.15) is 72.6 Å². The Balaban J connectivity index is 1.63. The third kappa shape index (κ3) is 2.96. The molecule has 4 aliphatic rings. The van der Waals surface area contributed by atoms with Gasteiger partial charge in [0.1, 0.15) is 0 Å². The van der Waals surface area contributed by atoms with Gasteiger partial charge in [-0.15, -0.1) is 0 Å². The van der Waals surface area contributed by atoms with Gasteiger partial charge in [-0.1, -0.05) is 32.4 Å². The number of ketones is 2. The first kappa shape index (κ1) is 20.1. The van der Waals surface area contributed by atoms with Gasteiger partial charge in [-0.2, -0.15) is 0 Å². The van der Waals surface area contributed by atoms with Crippen LogP contribution in [0.15, 0.2) is 23.8 Å². The summed E-state index contributed by atoms with van der Waals surface area (Å²) in [6, 6.07) is 0. The molecular weight excluding hydrogens is 348 g/mol. The lowest BCUT2D eigenvalue weighted by atomic mass is 9.46. The third-order valence-corrected chi connectivity index (χ3v) is 9.26. The van der Waals surface area contributed by atoms with Crippen molar-refractivity contribution in [3.05, 3.63) is 23.8 Å². The quantitative estimate of drug-likeness (QED) is 0.705. The van der Waals surface area contributed by atoms with Gasteiger partial charge in [0.25, 0.3) is 0 Å². The molecule has 154 valence electrons. The van der Waals surface area contributed by atoms with E-state index in [1.807, 2.05) is 6.08 Å². The van der Waals surface area contributed by atoms with Gasteiger partial charge in [0.2, 0.25) is 0 Å². The van der Waals surface area contributed by atoms with E-state index < -0.39 is 0 Å². The first-order valence-corrected chi connectivity index (χ1v) is 11.3. The van der Waals surface area contributed by atoms with Crippen molar-refractivity contribution in [2.75, 3.05) is 0 Å². The Morgan fingerprint density at radius 2 is 1.93 bits per heavy atom. The van der Waals surface area contributed by atoms with Crippen LogP contribution in [0.3, 0.4) is 0 Å². The van der Waals surface area contributed by atoms with Crippen LogP contribution in [-0.2, 0) is 9.59 Å². The van der Waals surface area contributed by atoms with Crippen molar-refractivity contribution in [3.63, 3.8) is 0 Å². The van der Waals surface area contributed by atoms with Gasteiger partial charge >= 0.3 is 0 Å². The fourth-order valence-corrected chi connectivity index (χ4v) is 7.71. The predicted molar refractivity (Wildman–Crippen MR) is 111 cm³/mol. The van der Waals surface area contributed by atoms with E-state index in [0.29, 0.717) is 35.9 Å². The van der Waals surface area contributed by atoms with Gasteiger partial charge in [0.15, 0.2) is 11.6 Å². The van der Waals surface area contributed by atoms with E-state index in [1.54, 1.807) is 13.0 Å². The van der Waals surface area contributed by atoms with Gasteiger partial charge < -0.3 is 5.11 Å². The van der Waals surface area contributed by atoms with Crippen LogP contribution in [0.5, 0.6) is 0 Å². The van der Waals surface area contributed by atoms with E-state index in [-0.39, 0.29) is 28.6 Å². The van der Waals surface area contributed by atoms with Crippen molar-refractivity contribution >= 4 is 11.6 Å². The highest BCUT2D eigenvalue weighted by atomic mass is 16.3. The van der Waals surface area contributed by atoms with Gasteiger partial charge in [0.05, 0.1) is 6.10 Å². The van der Waals surface area contributed by atoms with E-state index in [0.717, 1.165) is 32.1 Å². The Bertz CT molecular complexity index is 734. The Morgan fingerprint density at radius 3 is 2.64 bits per heavy atom. The highest BCUT2D eigenvalue weighted by Gasteiger charge is 2.61. The van der Waals surface area contributed by atoms with Crippen molar-refractivity contribution in [2.24, 2.45) is 40.4 Å². The van der Waals surface area contributed by atoms with Gasteiger partial charge in [-0.3, -0.25) is 9.59 Å². The molecule has 0 bridgehead atoms. The van der Waals surface area contributed by atoms with Gasteiger partial charge in [-0.25, -0.2) is 0 Å². The Kier molecular flexibility index (Phi) is 4.97. The summed E-state index contributed by atoms with van der Waals surface area (Å²) >= 11 is 0. The number of carbonyl (C=O) groups excluding carboxylic acids is 2. The lowest BCUT2D eigenvalue weighted by Gasteiger charge is -2.57. The number of fused-ring (bicyclic) bond motifs is 5. The highest BCUT2D eigenvalue weighted by Crippen LogP contribution is 2.66. The topological polar surface area (TPSA) is 54.4 Å². The zero-order valence-electron chi connectivity index (χ0n) is 17.9. The summed E-state index contributed by atoms with van der Waals surface area (Å²) in [7, 11) is 0. The van der Waals surface area contributed by atoms with Gasteiger partial charge in [0, 0.05) is 5.92 Å². The fraction of sp³-hybridized carbons (Fsp3) is 0.760. The number of aliphatic hydroxyl groups is 1. The van der Waals surface area contributed by atoms with Crippen molar-refractivity contribution < 1.29 is 14.7 Å². The number of aliphatic hydroxyl groups excluding tert-OH is 1. The molecule has 0 amide bonds. The SMILES string of the molecule is CC(=O)C=CC(C)C1CCC2C3C(=O)C=C4CC(O)CCC4(C)C3CCC12C. The molecule has 3 nitrogen and oxygen atoms in total. The molecule has 8 atom stereocenters. The van der Waals surface area contributed by atoms with E-state index >= 15 is 0 Å². The van der Waals surface area contributed by atoms with Crippen LogP contribution in [0.25, 0.3) is 0 Å². The Morgan fingerprint density at radius 1 is 1.18 bits per heavy atom. The van der Waals surface area contributed by atoms with Crippen LogP contribution >= 0.6 is 0 Å². The van der Waals surface area contributed by atoms with Crippen LogP contribution in [0.4, 0.5) is 0 Å². The maximum atomic E-state index is 13.3. The molecule has 0 aromatic rings. The highest BCUT2D eigenvalue weighted by molar-refractivity contribution is 5.94. The summed E-state index contributed by atoms with van der Waals surface area (Å²) in [4.78, 5) is 24.7. The first-order valence-electron chi connectivity index (χ1n) is 11.3. The molecule has 28 heavy (non-hydrogen) atoms. The molecule has 0 aromatic heterocycles. The second kappa shape index (κ2) is 6.93. The molecule has 1 N–H and O–H groups in total. The Labute approximate surface area is 169 Å². The molecule has 0 heterocycles. The monoisotopic (exact) mass is 384 g/mol. The second-order valence-corrected chi connectivity index (χ2v) is 10.7. The van der Waals surface area contributed by atoms with Crippen molar-refractivity contribution in [2.45, 2.75) is 78.7 Å². The average molecular weight is 385 g/mol. The summed E-state index contributed by atoms with van der Waals surface area (Å²) in [6.45, 7) is 8.64. The minimum absolute atomic E-state index is 0.0946. The number of carbonyl (C=O) groups is 2. The lowest BCUT2D eigenvalue weighted by Crippen LogP contribution is -2.53. The summed E-state index contributed by atoms with van der Waals surface area (Å²) in [5, 5.41) is 10.1. The summed E-state index contributed by atoms with van der Waals surface area (Å²) in [6.07, 6.45) is 12.6. The number of allylic oxidation sites excluding steroid dienone is 3. The van der Waals surface area contributed by atoms with E-state index in [9.17, 15) is 14.7 Å². The normalized spacial score (nSPS) is 46.5. The van der Waals surface area contributed by atoms with Crippen molar-refractivity contribution in [3.8, 4) is 0 Å². The minimum atomic E-state index is -0.276. The molecule has 8 unspecified atom stereocenters. The van der Waals surface area contributed by atoms with Crippen molar-refractivity contribution in [1.82, 2.24) is 0 Å². The molecule has 3 saturated carbocycles. The zero-order valence-corrected chi connectivity index (χ0v) is 17.9. The van der Waals surface area contributed by atoms with E-state index in [4.69, 9.17) is 0 Å². The average Bonchev–Trinajstić information content (AvgIpc) is 2.98. The smallest absolute Gasteiger partial charge is 0.159 e. The number of hydrogen-bond donors (Lipinski definition) is 1. The molecule has 0 radical (unpaired) electrons. The maximum absolute atomic E-state index is 13.3. The van der Waals surface area contributed by atoms with Crippen LogP contribution in [0, 0.1) is 40.4 Å². The Hall–Kier alpha value is -1.22. The first-order chi connectivity index (χ1) is 13.2. The molecule has 0 aromatic carbocycles. The number of rotatable bonds is 3. The standard InChI is InChI=1S/C25H36O3/c1-15(5-6-16(2)26)19-7-8-20-23-21(10-12-25(19,20)4)24(3)11-9-18(27)13-17(24)14-22(23)28/h5-6,14-15,18-21,23,27H,7-13H2,1-4H3. The molecule has 4 rings (SSSR count). The summed E-state index contributed by atoms with van der Waals surface area (Å²) < 4.78 is 0. The lowest BCUT2D eigenvalue weighted by molar-refractivity contribution is -0.134. The van der Waals surface area contributed by atoms with E-state index in [1.165, 1.54) is 12.0 Å². The minimum Gasteiger partial charge on any atom is -0.393 e. The number of hydrogen-bond acceptors (Lipinski definition) is 3. The molecular formula is C25H36O3. The zero-order chi connectivity index (χ0) is 20.3. The second-order valence-electron chi connectivity index (χ2n) is 10.7. The van der Waals surface area contributed by atoms with E-state index in [2.05, 4.69) is 26.8 Å². The van der Waals surface area contributed by atoms with Crippen LogP contribution in [-0.4, -0.2) is 22.8 Å². The molecule has 0 saturated heterocycles. The van der Waals surface area contributed by atoms with Crippen molar-refractivity contribution in [1.29, 1.82) is 0 Å². The van der Waals surface area contributed by atoms with Gasteiger partial charge in [-0.05, 0) is 98.5 Å². The van der Waals surface area contributed by atoms with Crippen LogP contribution < -0.4 is 0 Å².